The number of nitrogens with zero attached hydrogens (tertiary/aromatic N) is 5. The monoisotopic (exact) mass is 371 g/mol. The van der Waals surface area contributed by atoms with Gasteiger partial charge in [0.2, 0.25) is 5.95 Å². The van der Waals surface area contributed by atoms with Crippen LogP contribution in [0.3, 0.4) is 0 Å². The second-order valence-electron chi connectivity index (χ2n) is 7.38. The lowest BCUT2D eigenvalue weighted by Crippen LogP contribution is -2.46. The van der Waals surface area contributed by atoms with E-state index in [1.54, 1.807) is 18.0 Å². The fraction of sp³-hybridized carbons (Fsp3) is 0.500. The van der Waals surface area contributed by atoms with E-state index in [-0.39, 0.29) is 17.9 Å². The molecule has 6 nitrogen and oxygen atoms in total. The number of carbonyl (C=O) groups is 1. The molecule has 1 aliphatic heterocycles. The quantitative estimate of drug-likeness (QED) is 0.773. The Morgan fingerprint density at radius 2 is 1.96 bits per heavy atom. The highest BCUT2D eigenvalue weighted by Crippen LogP contribution is 2.23. The average Bonchev–Trinajstić information content (AvgIpc) is 2.66. The molecule has 27 heavy (non-hydrogen) atoms. The van der Waals surface area contributed by atoms with Crippen LogP contribution in [0, 0.1) is 12.9 Å². The average molecular weight is 371 g/mol. The smallest absolute Gasteiger partial charge is 0.254 e. The van der Waals surface area contributed by atoms with E-state index in [4.69, 9.17) is 4.98 Å². The largest absolute Gasteiger partial charge is 0.356 e. The summed E-state index contributed by atoms with van der Waals surface area (Å²) in [5.41, 5.74) is 1.30. The van der Waals surface area contributed by atoms with Crippen LogP contribution in [0.15, 0.2) is 24.4 Å². The molecule has 0 spiro atoms. The van der Waals surface area contributed by atoms with E-state index < -0.39 is 5.95 Å². The van der Waals surface area contributed by atoms with Crippen LogP contribution in [0.1, 0.15) is 54.5 Å². The van der Waals surface area contributed by atoms with Gasteiger partial charge in [0.25, 0.3) is 5.91 Å². The van der Waals surface area contributed by atoms with Gasteiger partial charge >= 0.3 is 0 Å². The summed E-state index contributed by atoms with van der Waals surface area (Å²) in [6, 6.07) is 4.87. The number of aryl methyl sites for hydroxylation is 1. The third-order valence-electron chi connectivity index (χ3n) is 5.00. The van der Waals surface area contributed by atoms with Gasteiger partial charge in [-0.05, 0) is 25.8 Å². The standard InChI is InChI=1S/C20H26FN5O/c1-13(2)19-23-14(3)11-18(24-19)26-9-6-16(7-10-26)25(4)20(27)15-5-8-22-17(21)12-15/h5,8,11-13,16H,6-7,9-10H2,1-4H3. The number of hydrogen-bond acceptors (Lipinski definition) is 5. The first-order chi connectivity index (χ1) is 12.8. The number of anilines is 1. The molecule has 0 radical (unpaired) electrons. The van der Waals surface area contributed by atoms with Gasteiger partial charge in [-0.3, -0.25) is 4.79 Å². The minimum atomic E-state index is -0.635. The highest BCUT2D eigenvalue weighted by molar-refractivity contribution is 5.94. The minimum absolute atomic E-state index is 0.123. The third kappa shape index (κ3) is 4.40. The maximum atomic E-state index is 13.3. The van der Waals surface area contributed by atoms with Crippen molar-refractivity contribution >= 4 is 11.7 Å². The highest BCUT2D eigenvalue weighted by atomic mass is 19.1. The molecule has 0 unspecified atom stereocenters. The van der Waals surface area contributed by atoms with E-state index in [0.717, 1.165) is 43.3 Å². The Hall–Kier alpha value is -2.57. The zero-order valence-electron chi connectivity index (χ0n) is 16.3. The second-order valence-corrected chi connectivity index (χ2v) is 7.38. The van der Waals surface area contributed by atoms with Crippen LogP contribution in [0.5, 0.6) is 0 Å². The molecule has 3 rings (SSSR count). The van der Waals surface area contributed by atoms with Gasteiger partial charge in [-0.1, -0.05) is 13.8 Å². The highest BCUT2D eigenvalue weighted by Gasteiger charge is 2.27. The Bertz CT molecular complexity index is 818. The maximum absolute atomic E-state index is 13.3. The Balaban J connectivity index is 1.66. The van der Waals surface area contributed by atoms with Crippen LogP contribution in [-0.2, 0) is 0 Å². The van der Waals surface area contributed by atoms with Crippen molar-refractivity contribution in [3.8, 4) is 0 Å². The van der Waals surface area contributed by atoms with Gasteiger partial charge in [-0.15, -0.1) is 0 Å². The Morgan fingerprint density at radius 1 is 1.26 bits per heavy atom. The van der Waals surface area contributed by atoms with E-state index in [1.807, 2.05) is 13.0 Å². The van der Waals surface area contributed by atoms with Crippen molar-refractivity contribution in [3.05, 3.63) is 47.4 Å². The van der Waals surface area contributed by atoms with Crippen LogP contribution in [-0.4, -0.2) is 51.9 Å². The summed E-state index contributed by atoms with van der Waals surface area (Å²) in [6.45, 7) is 7.81. The third-order valence-corrected chi connectivity index (χ3v) is 5.00. The molecule has 2 aromatic heterocycles. The Morgan fingerprint density at radius 3 is 2.59 bits per heavy atom. The lowest BCUT2D eigenvalue weighted by Gasteiger charge is -2.37. The summed E-state index contributed by atoms with van der Waals surface area (Å²) in [4.78, 5) is 29.3. The summed E-state index contributed by atoms with van der Waals surface area (Å²) in [5.74, 6) is 1.29. The summed E-state index contributed by atoms with van der Waals surface area (Å²) in [5, 5.41) is 0. The van der Waals surface area contributed by atoms with E-state index >= 15 is 0 Å². The van der Waals surface area contributed by atoms with E-state index in [2.05, 4.69) is 28.7 Å². The molecule has 0 aromatic carbocycles. The van der Waals surface area contributed by atoms with E-state index in [1.165, 1.54) is 12.3 Å². The molecule has 3 heterocycles. The predicted octanol–water partition coefficient (Wildman–Crippen LogP) is 3.18. The molecule has 0 atom stereocenters. The number of rotatable bonds is 4. The Kier molecular flexibility index (Phi) is 5.68. The second kappa shape index (κ2) is 7.98. The Labute approximate surface area is 159 Å². The molecule has 1 fully saturated rings. The number of amides is 1. The zero-order chi connectivity index (χ0) is 19.6. The first kappa shape index (κ1) is 19.2. The van der Waals surface area contributed by atoms with Crippen LogP contribution >= 0.6 is 0 Å². The van der Waals surface area contributed by atoms with Crippen molar-refractivity contribution in [1.29, 1.82) is 0 Å². The predicted molar refractivity (Wildman–Crippen MR) is 102 cm³/mol. The molecule has 0 N–H and O–H groups in total. The minimum Gasteiger partial charge on any atom is -0.356 e. The molecule has 0 saturated carbocycles. The molecule has 1 amide bonds. The number of piperidine rings is 1. The van der Waals surface area contributed by atoms with Crippen LogP contribution in [0.25, 0.3) is 0 Å². The van der Waals surface area contributed by atoms with Crippen molar-refractivity contribution in [2.24, 2.45) is 0 Å². The first-order valence-corrected chi connectivity index (χ1v) is 9.34. The number of carbonyl (C=O) groups excluding carboxylic acids is 1. The van der Waals surface area contributed by atoms with Gasteiger partial charge in [0, 0.05) is 61.7 Å². The molecule has 144 valence electrons. The van der Waals surface area contributed by atoms with Gasteiger partial charge in [0.05, 0.1) is 0 Å². The lowest BCUT2D eigenvalue weighted by atomic mass is 10.0. The topological polar surface area (TPSA) is 62.2 Å². The van der Waals surface area contributed by atoms with Crippen molar-refractivity contribution in [3.63, 3.8) is 0 Å². The number of halogens is 1. The van der Waals surface area contributed by atoms with Crippen LogP contribution < -0.4 is 4.90 Å². The molecule has 1 saturated heterocycles. The van der Waals surface area contributed by atoms with Crippen LogP contribution in [0.4, 0.5) is 10.2 Å². The summed E-state index contributed by atoms with van der Waals surface area (Å²) in [7, 11) is 1.78. The van der Waals surface area contributed by atoms with Crippen molar-refractivity contribution in [2.75, 3.05) is 25.0 Å². The molecule has 2 aromatic rings. The van der Waals surface area contributed by atoms with Gasteiger partial charge in [0.1, 0.15) is 11.6 Å². The van der Waals surface area contributed by atoms with Crippen LogP contribution in [0.2, 0.25) is 0 Å². The summed E-state index contributed by atoms with van der Waals surface area (Å²) < 4.78 is 13.3. The normalized spacial score (nSPS) is 15.3. The first-order valence-electron chi connectivity index (χ1n) is 9.34. The maximum Gasteiger partial charge on any atom is 0.254 e. The van der Waals surface area contributed by atoms with E-state index in [0.29, 0.717) is 5.56 Å². The van der Waals surface area contributed by atoms with Gasteiger partial charge in [0.15, 0.2) is 0 Å². The number of aromatic nitrogens is 3. The molecule has 0 aliphatic carbocycles. The zero-order valence-corrected chi connectivity index (χ0v) is 16.3. The number of pyridine rings is 1. The summed E-state index contributed by atoms with van der Waals surface area (Å²) in [6.07, 6.45) is 3.01. The fourth-order valence-electron chi connectivity index (χ4n) is 3.38. The number of hydrogen-bond donors (Lipinski definition) is 0. The molecule has 1 aliphatic rings. The van der Waals surface area contributed by atoms with Gasteiger partial charge in [-0.25, -0.2) is 15.0 Å². The SMILES string of the molecule is Cc1cc(N2CCC(N(C)C(=O)c3ccnc(F)c3)CC2)nc(C(C)C)n1. The lowest BCUT2D eigenvalue weighted by molar-refractivity contribution is 0.0708. The van der Waals surface area contributed by atoms with Crippen molar-refractivity contribution in [1.82, 2.24) is 19.9 Å². The van der Waals surface area contributed by atoms with E-state index in [9.17, 15) is 9.18 Å². The summed E-state index contributed by atoms with van der Waals surface area (Å²) >= 11 is 0. The van der Waals surface area contributed by atoms with Crippen molar-refractivity contribution in [2.45, 2.75) is 45.6 Å². The molecule has 0 bridgehead atoms. The van der Waals surface area contributed by atoms with Crippen molar-refractivity contribution < 1.29 is 9.18 Å². The molecular weight excluding hydrogens is 345 g/mol. The molecular formula is C20H26FN5O. The molecule has 7 heteroatoms. The van der Waals surface area contributed by atoms with Gasteiger partial charge in [-0.2, -0.15) is 4.39 Å². The van der Waals surface area contributed by atoms with Gasteiger partial charge < -0.3 is 9.80 Å². The fourth-order valence-corrected chi connectivity index (χ4v) is 3.38.